The minimum atomic E-state index is 0.0127. The molecule has 2 N–H and O–H groups in total. The third kappa shape index (κ3) is 1.21. The maximum absolute atomic E-state index is 10.8. The predicted molar refractivity (Wildman–Crippen MR) is 77.8 cm³/mol. The van der Waals surface area contributed by atoms with Crippen LogP contribution in [0.25, 0.3) is 10.8 Å². The summed E-state index contributed by atoms with van der Waals surface area (Å²) in [6.07, 6.45) is 3.21. The van der Waals surface area contributed by atoms with Crippen LogP contribution in [0.2, 0.25) is 0 Å². The molecule has 3 nitrogen and oxygen atoms in total. The summed E-state index contributed by atoms with van der Waals surface area (Å²) >= 11 is 0. The summed E-state index contributed by atoms with van der Waals surface area (Å²) in [5.41, 5.74) is 1.93. The predicted octanol–water partition coefficient (Wildman–Crippen LogP) is 3.80. The minimum absolute atomic E-state index is 0.0127. The second-order valence-electron chi connectivity index (χ2n) is 6.37. The normalized spacial score (nSPS) is 27.0. The number of hydrogen-bond donors (Lipinski definition) is 2. The molecule has 2 aromatic carbocycles. The molecule has 2 aromatic rings. The quantitative estimate of drug-likeness (QED) is 0.775. The molecule has 20 heavy (non-hydrogen) atoms. The smallest absolute Gasteiger partial charge is 0.131 e. The van der Waals surface area contributed by atoms with Crippen LogP contribution >= 0.6 is 0 Å². The van der Waals surface area contributed by atoms with E-state index in [-0.39, 0.29) is 5.41 Å². The molecule has 1 saturated carbocycles. The van der Waals surface area contributed by atoms with E-state index >= 15 is 0 Å². The zero-order valence-corrected chi connectivity index (χ0v) is 11.7. The van der Waals surface area contributed by atoms with Crippen LogP contribution < -0.4 is 4.74 Å². The molecule has 0 heterocycles. The molecular weight excluding hydrogens is 252 g/mol. The molecule has 0 amide bonds. The van der Waals surface area contributed by atoms with Crippen molar-refractivity contribution >= 4 is 10.8 Å². The molecule has 3 heteroatoms. The summed E-state index contributed by atoms with van der Waals surface area (Å²) in [6.45, 7) is 2.20. The zero-order valence-electron chi connectivity index (χ0n) is 11.7. The van der Waals surface area contributed by atoms with E-state index in [1.807, 2.05) is 18.2 Å². The number of phenolic OH excluding ortho intramolecular Hbond substituents is 2. The molecule has 104 valence electrons. The van der Waals surface area contributed by atoms with Gasteiger partial charge in [-0.3, -0.25) is 0 Å². The van der Waals surface area contributed by atoms with Crippen LogP contribution in [-0.4, -0.2) is 17.3 Å². The first-order valence-corrected chi connectivity index (χ1v) is 7.12. The molecule has 0 aromatic heterocycles. The van der Waals surface area contributed by atoms with Crippen LogP contribution in [-0.2, 0) is 5.41 Å². The molecule has 0 radical (unpaired) electrons. The first-order chi connectivity index (χ1) is 9.57. The van der Waals surface area contributed by atoms with Gasteiger partial charge in [0, 0.05) is 16.5 Å². The van der Waals surface area contributed by atoms with Gasteiger partial charge in [-0.15, -0.1) is 0 Å². The third-order valence-corrected chi connectivity index (χ3v) is 5.25. The number of methoxy groups -OCH3 is 1. The van der Waals surface area contributed by atoms with Crippen molar-refractivity contribution in [2.24, 2.45) is 0 Å². The molecule has 0 saturated heterocycles. The zero-order chi connectivity index (χ0) is 14.1. The lowest BCUT2D eigenvalue weighted by atomic mass is 9.79. The second-order valence-corrected chi connectivity index (χ2v) is 6.37. The molecule has 1 fully saturated rings. The Kier molecular flexibility index (Phi) is 2.14. The van der Waals surface area contributed by atoms with Crippen LogP contribution in [0.1, 0.15) is 43.2 Å². The minimum Gasteiger partial charge on any atom is -0.507 e. The SMILES string of the molecule is COc1cccc2c(O)c3c(c(O)c12)C1CCC3(C)C1. The van der Waals surface area contributed by atoms with Gasteiger partial charge in [0.05, 0.1) is 12.5 Å². The Morgan fingerprint density at radius 3 is 2.80 bits per heavy atom. The first-order valence-electron chi connectivity index (χ1n) is 7.12. The van der Waals surface area contributed by atoms with Crippen LogP contribution in [0.5, 0.6) is 17.2 Å². The maximum Gasteiger partial charge on any atom is 0.131 e. The fourth-order valence-corrected chi connectivity index (χ4v) is 4.38. The number of aromatic hydroxyl groups is 2. The topological polar surface area (TPSA) is 49.7 Å². The Hall–Kier alpha value is -1.90. The first kappa shape index (κ1) is 11.9. The molecular formula is C17H18O3. The Balaban J connectivity index is 2.19. The molecule has 2 bridgehead atoms. The number of benzene rings is 2. The van der Waals surface area contributed by atoms with E-state index in [9.17, 15) is 10.2 Å². The summed E-state index contributed by atoms with van der Waals surface area (Å²) in [5, 5.41) is 22.8. The van der Waals surface area contributed by atoms with E-state index in [1.54, 1.807) is 7.11 Å². The van der Waals surface area contributed by atoms with Gasteiger partial charge in [-0.05, 0) is 36.7 Å². The average molecular weight is 270 g/mol. The van der Waals surface area contributed by atoms with E-state index in [1.165, 1.54) is 0 Å². The highest BCUT2D eigenvalue weighted by molar-refractivity contribution is 6.00. The Bertz CT molecular complexity index is 735. The molecule has 2 unspecified atom stereocenters. The van der Waals surface area contributed by atoms with Crippen LogP contribution in [0.4, 0.5) is 0 Å². The summed E-state index contributed by atoms with van der Waals surface area (Å²) in [4.78, 5) is 0. The van der Waals surface area contributed by atoms with Gasteiger partial charge in [0.25, 0.3) is 0 Å². The van der Waals surface area contributed by atoms with Gasteiger partial charge >= 0.3 is 0 Å². The summed E-state index contributed by atoms with van der Waals surface area (Å²) < 4.78 is 5.36. The van der Waals surface area contributed by atoms with Gasteiger partial charge in [-0.25, -0.2) is 0 Å². The lowest BCUT2D eigenvalue weighted by Gasteiger charge is -2.27. The Morgan fingerprint density at radius 2 is 2.05 bits per heavy atom. The molecule has 0 spiro atoms. The van der Waals surface area contributed by atoms with Crippen molar-refractivity contribution in [2.75, 3.05) is 7.11 Å². The van der Waals surface area contributed by atoms with Crippen LogP contribution in [0.15, 0.2) is 18.2 Å². The third-order valence-electron chi connectivity index (χ3n) is 5.25. The Labute approximate surface area is 117 Å². The molecule has 4 rings (SSSR count). The largest absolute Gasteiger partial charge is 0.507 e. The molecule has 2 aliphatic rings. The molecule has 2 aliphatic carbocycles. The monoisotopic (exact) mass is 270 g/mol. The van der Waals surface area contributed by atoms with Gasteiger partial charge in [-0.1, -0.05) is 19.1 Å². The summed E-state index contributed by atoms with van der Waals surface area (Å²) in [6, 6.07) is 5.52. The fourth-order valence-electron chi connectivity index (χ4n) is 4.38. The van der Waals surface area contributed by atoms with Crippen molar-refractivity contribution in [3.05, 3.63) is 29.3 Å². The summed E-state index contributed by atoms with van der Waals surface area (Å²) in [7, 11) is 1.59. The number of fused-ring (bicyclic) bond motifs is 6. The van der Waals surface area contributed by atoms with E-state index in [2.05, 4.69) is 6.92 Å². The fraction of sp³-hybridized carbons (Fsp3) is 0.412. The number of rotatable bonds is 1. The van der Waals surface area contributed by atoms with Crippen molar-refractivity contribution in [1.29, 1.82) is 0 Å². The van der Waals surface area contributed by atoms with Gasteiger partial charge in [0.2, 0.25) is 0 Å². The molecule has 2 atom stereocenters. The van der Waals surface area contributed by atoms with Crippen LogP contribution in [0.3, 0.4) is 0 Å². The lowest BCUT2D eigenvalue weighted by molar-refractivity contribution is 0.411. The highest BCUT2D eigenvalue weighted by Gasteiger charge is 2.49. The Morgan fingerprint density at radius 1 is 1.25 bits per heavy atom. The van der Waals surface area contributed by atoms with Gasteiger partial charge in [0.1, 0.15) is 17.2 Å². The number of hydrogen-bond acceptors (Lipinski definition) is 3. The average Bonchev–Trinajstić information content (AvgIpc) is 2.97. The van der Waals surface area contributed by atoms with Crippen molar-refractivity contribution in [1.82, 2.24) is 0 Å². The van der Waals surface area contributed by atoms with E-state index in [0.717, 1.165) is 30.4 Å². The second kappa shape index (κ2) is 3.60. The highest BCUT2D eigenvalue weighted by atomic mass is 16.5. The van der Waals surface area contributed by atoms with Crippen molar-refractivity contribution in [3.8, 4) is 17.2 Å². The van der Waals surface area contributed by atoms with Crippen LogP contribution in [0, 0.1) is 0 Å². The lowest BCUT2D eigenvalue weighted by Crippen LogP contribution is -2.16. The van der Waals surface area contributed by atoms with Crippen molar-refractivity contribution in [2.45, 2.75) is 37.5 Å². The maximum atomic E-state index is 10.8. The van der Waals surface area contributed by atoms with Crippen molar-refractivity contribution < 1.29 is 14.9 Å². The summed E-state index contributed by atoms with van der Waals surface area (Å²) in [5.74, 6) is 1.62. The van der Waals surface area contributed by atoms with E-state index in [4.69, 9.17) is 4.74 Å². The van der Waals surface area contributed by atoms with E-state index in [0.29, 0.717) is 33.9 Å². The number of ether oxygens (including phenoxy) is 1. The van der Waals surface area contributed by atoms with Gasteiger partial charge in [-0.2, -0.15) is 0 Å². The highest BCUT2D eigenvalue weighted by Crippen LogP contribution is 2.64. The van der Waals surface area contributed by atoms with E-state index < -0.39 is 0 Å². The van der Waals surface area contributed by atoms with Gasteiger partial charge < -0.3 is 14.9 Å². The molecule has 0 aliphatic heterocycles. The van der Waals surface area contributed by atoms with Crippen molar-refractivity contribution in [3.63, 3.8) is 0 Å². The van der Waals surface area contributed by atoms with Gasteiger partial charge in [0.15, 0.2) is 0 Å². The number of phenols is 2. The standard InChI is InChI=1S/C17H18O3/c1-17-7-6-9(8-17)12-14(17)15(18)10-4-3-5-11(20-2)13(10)16(12)19/h3-5,9,18-19H,6-8H2,1-2H3.